The maximum atomic E-state index is 6.51. The van der Waals surface area contributed by atoms with Crippen LogP contribution in [-0.2, 0) is 0 Å². The van der Waals surface area contributed by atoms with Crippen LogP contribution >= 0.6 is 11.6 Å². The number of nitrogens with zero attached hydrogens (tertiary/aromatic N) is 4. The molecule has 0 bridgehead atoms. The Morgan fingerprint density at radius 3 is 2.69 bits per heavy atom. The van der Waals surface area contributed by atoms with Crippen molar-refractivity contribution in [3.8, 4) is 17.0 Å². The van der Waals surface area contributed by atoms with Crippen LogP contribution in [0.4, 0.5) is 17.3 Å². The van der Waals surface area contributed by atoms with Gasteiger partial charge in [0.15, 0.2) is 0 Å². The van der Waals surface area contributed by atoms with E-state index in [0.29, 0.717) is 22.7 Å². The summed E-state index contributed by atoms with van der Waals surface area (Å²) in [6, 6.07) is 13.0. The summed E-state index contributed by atoms with van der Waals surface area (Å²) in [7, 11) is 6.02. The normalized spacial score (nSPS) is 14.6. The third kappa shape index (κ3) is 4.66. The fourth-order valence-electron chi connectivity index (χ4n) is 4.91. The van der Waals surface area contributed by atoms with E-state index in [-0.39, 0.29) is 0 Å². The number of anilines is 3. The van der Waals surface area contributed by atoms with Crippen molar-refractivity contribution < 1.29 is 4.74 Å². The summed E-state index contributed by atoms with van der Waals surface area (Å²) in [6.07, 6.45) is 5.88. The van der Waals surface area contributed by atoms with Crippen molar-refractivity contribution in [2.45, 2.75) is 25.8 Å². The minimum Gasteiger partial charge on any atom is -0.494 e. The lowest BCUT2D eigenvalue weighted by molar-refractivity contribution is 0.249. The van der Waals surface area contributed by atoms with Gasteiger partial charge in [0.2, 0.25) is 5.95 Å². The third-order valence-electron chi connectivity index (χ3n) is 6.89. The maximum Gasteiger partial charge on any atom is 0.227 e. The lowest BCUT2D eigenvalue weighted by Crippen LogP contribution is -2.42. The molecule has 3 heterocycles. The smallest absolute Gasteiger partial charge is 0.227 e. The monoisotopic (exact) mass is 490 g/mol. The molecule has 35 heavy (non-hydrogen) atoms. The molecule has 5 rings (SSSR count). The molecule has 0 saturated carbocycles. The highest BCUT2D eigenvalue weighted by Crippen LogP contribution is 2.37. The predicted molar refractivity (Wildman–Crippen MR) is 144 cm³/mol. The minimum atomic E-state index is 0.465. The molecule has 0 atom stereocenters. The van der Waals surface area contributed by atoms with Crippen LogP contribution in [0.5, 0.6) is 5.75 Å². The number of nitrogens with one attached hydrogen (secondary N) is 2. The minimum absolute atomic E-state index is 0.465. The first-order valence-electron chi connectivity index (χ1n) is 11.9. The van der Waals surface area contributed by atoms with Gasteiger partial charge in [-0.2, -0.15) is 0 Å². The third-order valence-corrected chi connectivity index (χ3v) is 7.17. The van der Waals surface area contributed by atoms with Gasteiger partial charge in [-0.3, -0.25) is 0 Å². The van der Waals surface area contributed by atoms with Gasteiger partial charge in [0, 0.05) is 53.5 Å². The molecule has 1 saturated heterocycles. The van der Waals surface area contributed by atoms with E-state index in [9.17, 15) is 0 Å². The van der Waals surface area contributed by atoms with Crippen LogP contribution in [0.1, 0.15) is 18.4 Å². The van der Waals surface area contributed by atoms with Gasteiger partial charge < -0.3 is 24.8 Å². The van der Waals surface area contributed by atoms with E-state index >= 15 is 0 Å². The number of aromatic nitrogens is 3. The molecule has 4 aromatic rings. The number of ether oxygens (including phenoxy) is 1. The fraction of sp³-hybridized carbons (Fsp3) is 0.333. The van der Waals surface area contributed by atoms with E-state index in [2.05, 4.69) is 64.3 Å². The molecule has 0 unspecified atom stereocenters. The van der Waals surface area contributed by atoms with Gasteiger partial charge >= 0.3 is 0 Å². The van der Waals surface area contributed by atoms with Crippen molar-refractivity contribution in [3.63, 3.8) is 0 Å². The zero-order chi connectivity index (χ0) is 24.5. The fourth-order valence-corrected chi connectivity index (χ4v) is 5.10. The van der Waals surface area contributed by atoms with E-state index < -0.39 is 0 Å². The van der Waals surface area contributed by atoms with E-state index in [0.717, 1.165) is 53.8 Å². The van der Waals surface area contributed by atoms with Crippen LogP contribution in [0, 0.1) is 6.92 Å². The lowest BCUT2D eigenvalue weighted by atomic mass is 10.0. The molecule has 2 aromatic heterocycles. The molecule has 1 aliphatic heterocycles. The highest BCUT2D eigenvalue weighted by molar-refractivity contribution is 6.33. The van der Waals surface area contributed by atoms with Gasteiger partial charge in [0.1, 0.15) is 5.75 Å². The SMILES string of the molecule is COc1cc(N2CCC(N(C)C)CC2)c(C)cc1Nc1ncc(Cl)c(-c2c[nH]c3ccccc23)n1. The summed E-state index contributed by atoms with van der Waals surface area (Å²) in [6.45, 7) is 4.21. The van der Waals surface area contributed by atoms with Crippen LogP contribution in [0.15, 0.2) is 48.8 Å². The second kappa shape index (κ2) is 9.76. The molecule has 7 nitrogen and oxygen atoms in total. The first kappa shape index (κ1) is 23.5. The summed E-state index contributed by atoms with van der Waals surface area (Å²) < 4.78 is 5.76. The van der Waals surface area contributed by atoms with E-state index in [1.807, 2.05) is 24.4 Å². The summed E-state index contributed by atoms with van der Waals surface area (Å²) >= 11 is 6.51. The van der Waals surface area contributed by atoms with Crippen LogP contribution in [0.3, 0.4) is 0 Å². The van der Waals surface area contributed by atoms with Crippen molar-refractivity contribution in [3.05, 3.63) is 59.4 Å². The molecule has 8 heteroatoms. The Kier molecular flexibility index (Phi) is 6.54. The summed E-state index contributed by atoms with van der Waals surface area (Å²) in [5, 5.41) is 4.92. The quantitative estimate of drug-likeness (QED) is 0.352. The topological polar surface area (TPSA) is 69.3 Å². The number of benzene rings is 2. The molecule has 1 fully saturated rings. The first-order chi connectivity index (χ1) is 16.9. The average Bonchev–Trinajstić information content (AvgIpc) is 3.29. The Morgan fingerprint density at radius 2 is 1.94 bits per heavy atom. The van der Waals surface area contributed by atoms with Crippen molar-refractivity contribution >= 4 is 39.8 Å². The van der Waals surface area contributed by atoms with Gasteiger partial charge in [0.25, 0.3) is 0 Å². The molecular weight excluding hydrogens is 460 g/mol. The first-order valence-corrected chi connectivity index (χ1v) is 12.3. The lowest BCUT2D eigenvalue weighted by Gasteiger charge is -2.37. The Bertz CT molecular complexity index is 1340. The number of hydrogen-bond donors (Lipinski definition) is 2. The highest BCUT2D eigenvalue weighted by atomic mass is 35.5. The molecule has 1 aliphatic rings. The van der Waals surface area contributed by atoms with Crippen LogP contribution in [-0.4, -0.2) is 60.2 Å². The predicted octanol–water partition coefficient (Wildman–Crippen LogP) is 5.87. The van der Waals surface area contributed by atoms with Gasteiger partial charge in [-0.15, -0.1) is 0 Å². The number of halogens is 1. The van der Waals surface area contributed by atoms with Gasteiger partial charge in [0.05, 0.1) is 29.7 Å². The molecular formula is C27H31ClN6O. The number of rotatable bonds is 6. The Balaban J connectivity index is 1.42. The molecule has 2 aromatic carbocycles. The van der Waals surface area contributed by atoms with Crippen LogP contribution in [0.2, 0.25) is 5.02 Å². The maximum absolute atomic E-state index is 6.51. The number of aryl methyl sites for hydroxylation is 1. The zero-order valence-electron chi connectivity index (χ0n) is 20.6. The van der Waals surface area contributed by atoms with Gasteiger partial charge in [-0.25, -0.2) is 9.97 Å². The highest BCUT2D eigenvalue weighted by Gasteiger charge is 2.23. The van der Waals surface area contributed by atoms with Crippen LogP contribution < -0.4 is 15.0 Å². The van der Waals surface area contributed by atoms with Crippen molar-refractivity contribution in [1.29, 1.82) is 0 Å². The molecule has 2 N–H and O–H groups in total. The molecule has 0 amide bonds. The number of hydrogen-bond acceptors (Lipinski definition) is 6. The van der Waals surface area contributed by atoms with Crippen molar-refractivity contribution in [2.24, 2.45) is 0 Å². The van der Waals surface area contributed by atoms with Crippen LogP contribution in [0.25, 0.3) is 22.2 Å². The molecule has 182 valence electrons. The second-order valence-electron chi connectivity index (χ2n) is 9.28. The van der Waals surface area contributed by atoms with Crippen molar-refractivity contribution in [2.75, 3.05) is 44.5 Å². The van der Waals surface area contributed by atoms with Crippen molar-refractivity contribution in [1.82, 2.24) is 19.9 Å². The summed E-state index contributed by atoms with van der Waals surface area (Å²) in [5.74, 6) is 1.22. The van der Waals surface area contributed by atoms with Gasteiger partial charge in [-0.1, -0.05) is 29.8 Å². The summed E-state index contributed by atoms with van der Waals surface area (Å²) in [4.78, 5) is 17.3. The summed E-state index contributed by atoms with van der Waals surface area (Å²) in [5.41, 5.74) is 5.87. The number of methoxy groups -OCH3 is 1. The van der Waals surface area contributed by atoms with E-state index in [4.69, 9.17) is 21.3 Å². The molecule has 0 spiro atoms. The molecule has 0 aliphatic carbocycles. The zero-order valence-corrected chi connectivity index (χ0v) is 21.4. The Labute approximate surface area is 211 Å². The number of H-pyrrole nitrogens is 1. The number of fused-ring (bicyclic) bond motifs is 1. The number of aromatic amines is 1. The Hall–Kier alpha value is -3.29. The van der Waals surface area contributed by atoms with Gasteiger partial charge in [-0.05, 0) is 51.6 Å². The number of piperidine rings is 1. The second-order valence-corrected chi connectivity index (χ2v) is 9.69. The standard InChI is InChI=1S/C27H31ClN6O/c1-17-13-23(25(35-4)14-24(17)34-11-9-18(10-12-34)33(2)3)31-27-30-16-21(28)26(32-27)20-15-29-22-8-6-5-7-19(20)22/h5-8,13-16,18,29H,9-12H2,1-4H3,(H,30,31,32). The average molecular weight is 491 g/mol. The van der Waals surface area contributed by atoms with E-state index in [1.54, 1.807) is 13.3 Å². The van der Waals surface area contributed by atoms with E-state index in [1.165, 1.54) is 11.3 Å². The molecule has 0 radical (unpaired) electrons. The number of para-hydroxylation sites is 1. The Morgan fingerprint density at radius 1 is 1.17 bits per heavy atom. The largest absolute Gasteiger partial charge is 0.494 e.